The van der Waals surface area contributed by atoms with Gasteiger partial charge >= 0.3 is 0 Å². The highest BCUT2D eigenvalue weighted by Crippen LogP contribution is 2.34. The number of carbonyl (C=O) groups excluding carboxylic acids is 1. The Balaban J connectivity index is 1.84. The van der Waals surface area contributed by atoms with Gasteiger partial charge in [-0.25, -0.2) is 4.68 Å². The molecule has 2 aliphatic rings. The van der Waals surface area contributed by atoms with Crippen molar-refractivity contribution in [2.45, 2.75) is 38.1 Å². The molecule has 0 aromatic carbocycles. The van der Waals surface area contributed by atoms with Gasteiger partial charge in [0.05, 0.1) is 12.2 Å². The number of hydrogen-bond acceptors (Lipinski definition) is 2. The van der Waals surface area contributed by atoms with Gasteiger partial charge in [0.1, 0.15) is 5.82 Å². The lowest BCUT2D eigenvalue weighted by Crippen LogP contribution is -2.28. The van der Waals surface area contributed by atoms with E-state index in [1.165, 1.54) is 25.7 Å². The second-order valence-electron chi connectivity index (χ2n) is 5.30. The van der Waals surface area contributed by atoms with Crippen LogP contribution in [0.4, 0.5) is 5.82 Å². The summed E-state index contributed by atoms with van der Waals surface area (Å²) < 4.78 is 2.04. The van der Waals surface area contributed by atoms with Gasteiger partial charge in [0.25, 0.3) is 0 Å². The van der Waals surface area contributed by atoms with E-state index >= 15 is 0 Å². The topological polar surface area (TPSA) is 38.1 Å². The van der Waals surface area contributed by atoms with Crippen LogP contribution in [0.3, 0.4) is 0 Å². The molecule has 1 aliphatic carbocycles. The third kappa shape index (κ3) is 2.03. The van der Waals surface area contributed by atoms with E-state index in [2.05, 4.69) is 5.10 Å². The van der Waals surface area contributed by atoms with Crippen molar-refractivity contribution in [2.75, 3.05) is 17.3 Å². The molecule has 1 atom stereocenters. The SMILES string of the molecule is O=C1CC(CCl)CN1c1ccnn1C1CCCC1. The number of amides is 1. The molecule has 3 rings (SSSR count). The van der Waals surface area contributed by atoms with E-state index in [0.29, 0.717) is 18.3 Å². The molecule has 1 aromatic rings. The third-order valence-corrected chi connectivity index (χ3v) is 4.46. The quantitative estimate of drug-likeness (QED) is 0.790. The zero-order valence-corrected chi connectivity index (χ0v) is 11.1. The Bertz CT molecular complexity index is 439. The average Bonchev–Trinajstić information content (AvgIpc) is 3.07. The zero-order valence-electron chi connectivity index (χ0n) is 10.4. The first-order valence-electron chi connectivity index (χ1n) is 6.69. The predicted octanol–water partition coefficient (Wildman–Crippen LogP) is 2.59. The Morgan fingerprint density at radius 2 is 2.17 bits per heavy atom. The Morgan fingerprint density at radius 1 is 1.39 bits per heavy atom. The first kappa shape index (κ1) is 12.0. The second-order valence-corrected chi connectivity index (χ2v) is 5.61. The maximum atomic E-state index is 12.0. The Hall–Kier alpha value is -1.03. The lowest BCUT2D eigenvalue weighted by Gasteiger charge is -2.21. The minimum absolute atomic E-state index is 0.181. The van der Waals surface area contributed by atoms with Crippen LogP contribution in [0.15, 0.2) is 12.3 Å². The molecule has 0 N–H and O–H groups in total. The van der Waals surface area contributed by atoms with E-state index in [9.17, 15) is 4.79 Å². The van der Waals surface area contributed by atoms with Crippen molar-refractivity contribution in [1.29, 1.82) is 0 Å². The highest BCUT2D eigenvalue weighted by Gasteiger charge is 2.33. The Labute approximate surface area is 112 Å². The molecule has 18 heavy (non-hydrogen) atoms. The van der Waals surface area contributed by atoms with E-state index in [4.69, 9.17) is 11.6 Å². The summed E-state index contributed by atoms with van der Waals surface area (Å²) in [5, 5.41) is 4.42. The van der Waals surface area contributed by atoms with Gasteiger partial charge in [-0.05, 0) is 18.8 Å². The van der Waals surface area contributed by atoms with Gasteiger partial charge in [-0.15, -0.1) is 11.6 Å². The van der Waals surface area contributed by atoms with E-state index in [1.54, 1.807) is 6.20 Å². The number of alkyl halides is 1. The first-order valence-corrected chi connectivity index (χ1v) is 7.23. The fourth-order valence-corrected chi connectivity index (χ4v) is 3.26. The number of rotatable bonds is 3. The third-order valence-electron chi connectivity index (χ3n) is 4.02. The van der Waals surface area contributed by atoms with Gasteiger partial charge in [0, 0.05) is 24.9 Å². The van der Waals surface area contributed by atoms with E-state index in [1.807, 2.05) is 15.6 Å². The molecule has 4 nitrogen and oxygen atoms in total. The van der Waals surface area contributed by atoms with Gasteiger partial charge in [0.2, 0.25) is 5.91 Å². The summed E-state index contributed by atoms with van der Waals surface area (Å²) in [6.07, 6.45) is 7.25. The van der Waals surface area contributed by atoms with Gasteiger partial charge in [-0.3, -0.25) is 9.69 Å². The summed E-state index contributed by atoms with van der Waals surface area (Å²) in [7, 11) is 0. The van der Waals surface area contributed by atoms with Crippen molar-refractivity contribution in [3.8, 4) is 0 Å². The minimum Gasteiger partial charge on any atom is -0.297 e. The van der Waals surface area contributed by atoms with Crippen LogP contribution in [0, 0.1) is 5.92 Å². The summed E-state index contributed by atoms with van der Waals surface area (Å²) in [5.74, 6) is 1.98. The van der Waals surface area contributed by atoms with Crippen LogP contribution >= 0.6 is 11.6 Å². The molecule has 5 heteroatoms. The van der Waals surface area contributed by atoms with Crippen LogP contribution in [-0.2, 0) is 4.79 Å². The normalized spacial score (nSPS) is 25.3. The molecule has 1 aromatic heterocycles. The van der Waals surface area contributed by atoms with Crippen molar-refractivity contribution in [1.82, 2.24) is 9.78 Å². The molecule has 0 bridgehead atoms. The smallest absolute Gasteiger partial charge is 0.228 e. The van der Waals surface area contributed by atoms with Crippen LogP contribution in [0.25, 0.3) is 0 Å². The number of nitrogens with zero attached hydrogens (tertiary/aromatic N) is 3. The summed E-state index contributed by atoms with van der Waals surface area (Å²) in [6, 6.07) is 2.42. The minimum atomic E-state index is 0.181. The number of carbonyl (C=O) groups is 1. The van der Waals surface area contributed by atoms with Crippen molar-refractivity contribution >= 4 is 23.3 Å². The molecule has 2 heterocycles. The summed E-state index contributed by atoms with van der Waals surface area (Å²) in [6.45, 7) is 0.737. The lowest BCUT2D eigenvalue weighted by atomic mass is 10.1. The standard InChI is InChI=1S/C13H18ClN3O/c14-8-10-7-13(18)16(9-10)12-5-6-15-17(12)11-3-1-2-4-11/h5-6,10-11H,1-4,7-9H2. The number of hydrogen-bond donors (Lipinski definition) is 0. The summed E-state index contributed by atoms with van der Waals surface area (Å²) in [4.78, 5) is 13.9. The fraction of sp³-hybridized carbons (Fsp3) is 0.692. The molecular weight excluding hydrogens is 250 g/mol. The predicted molar refractivity (Wildman–Crippen MR) is 70.9 cm³/mol. The zero-order chi connectivity index (χ0) is 12.5. The van der Waals surface area contributed by atoms with E-state index in [0.717, 1.165) is 12.4 Å². The van der Waals surface area contributed by atoms with Crippen molar-refractivity contribution in [3.05, 3.63) is 12.3 Å². The molecule has 1 saturated carbocycles. The number of anilines is 1. The Kier molecular flexibility index (Phi) is 3.29. The lowest BCUT2D eigenvalue weighted by molar-refractivity contribution is -0.117. The van der Waals surface area contributed by atoms with Gasteiger partial charge in [-0.1, -0.05) is 12.8 Å². The van der Waals surface area contributed by atoms with Crippen LogP contribution in [0.5, 0.6) is 0 Å². The van der Waals surface area contributed by atoms with Gasteiger partial charge in [-0.2, -0.15) is 5.10 Å². The molecule has 0 radical (unpaired) electrons. The highest BCUT2D eigenvalue weighted by atomic mass is 35.5. The van der Waals surface area contributed by atoms with Crippen LogP contribution in [0.1, 0.15) is 38.1 Å². The van der Waals surface area contributed by atoms with Crippen molar-refractivity contribution < 1.29 is 4.79 Å². The summed E-state index contributed by atoms with van der Waals surface area (Å²) >= 11 is 5.87. The van der Waals surface area contributed by atoms with Crippen LogP contribution in [0.2, 0.25) is 0 Å². The summed E-state index contributed by atoms with van der Waals surface area (Å²) in [5.41, 5.74) is 0. The molecule has 2 fully saturated rings. The maximum Gasteiger partial charge on any atom is 0.228 e. The van der Waals surface area contributed by atoms with Crippen molar-refractivity contribution in [2.24, 2.45) is 5.92 Å². The van der Waals surface area contributed by atoms with Gasteiger partial charge in [0.15, 0.2) is 0 Å². The number of aromatic nitrogens is 2. The molecular formula is C13H18ClN3O. The van der Waals surface area contributed by atoms with Crippen molar-refractivity contribution in [3.63, 3.8) is 0 Å². The number of halogens is 1. The largest absolute Gasteiger partial charge is 0.297 e. The maximum absolute atomic E-state index is 12.0. The highest BCUT2D eigenvalue weighted by molar-refractivity contribution is 6.18. The van der Waals surface area contributed by atoms with E-state index < -0.39 is 0 Å². The fourth-order valence-electron chi connectivity index (χ4n) is 3.06. The van der Waals surface area contributed by atoms with E-state index in [-0.39, 0.29) is 11.8 Å². The first-order chi connectivity index (χ1) is 8.79. The molecule has 1 aliphatic heterocycles. The van der Waals surface area contributed by atoms with Crippen LogP contribution in [-0.4, -0.2) is 28.1 Å². The molecule has 98 valence electrons. The molecule has 0 spiro atoms. The Morgan fingerprint density at radius 3 is 2.83 bits per heavy atom. The molecule has 1 saturated heterocycles. The molecule has 1 unspecified atom stereocenters. The monoisotopic (exact) mass is 267 g/mol. The van der Waals surface area contributed by atoms with Crippen LogP contribution < -0.4 is 4.90 Å². The second kappa shape index (κ2) is 4.92. The average molecular weight is 268 g/mol. The van der Waals surface area contributed by atoms with Gasteiger partial charge < -0.3 is 0 Å². The molecule has 1 amide bonds.